The Morgan fingerprint density at radius 3 is 2.74 bits per heavy atom. The van der Waals surface area contributed by atoms with Crippen molar-refractivity contribution < 1.29 is 19.4 Å². The van der Waals surface area contributed by atoms with Crippen LogP contribution >= 0.6 is 11.6 Å². The lowest BCUT2D eigenvalue weighted by molar-refractivity contribution is -0.141. The molecule has 0 aliphatic heterocycles. The van der Waals surface area contributed by atoms with Crippen LogP contribution in [0.3, 0.4) is 0 Å². The molecule has 1 aromatic carbocycles. The number of benzene rings is 1. The molecule has 104 valence electrons. The third-order valence-corrected chi connectivity index (χ3v) is 2.83. The highest BCUT2D eigenvalue weighted by atomic mass is 35.5. The number of ether oxygens (including phenoxy) is 1. The predicted octanol–water partition coefficient (Wildman–Crippen LogP) is 1.95. The molecule has 1 amide bonds. The third kappa shape index (κ3) is 5.61. The van der Waals surface area contributed by atoms with Crippen LogP contribution in [0.25, 0.3) is 0 Å². The number of para-hydroxylation sites is 1. The van der Waals surface area contributed by atoms with Crippen molar-refractivity contribution >= 4 is 23.5 Å². The van der Waals surface area contributed by atoms with E-state index in [1.807, 2.05) is 0 Å². The van der Waals surface area contributed by atoms with E-state index in [1.54, 1.807) is 31.2 Å². The van der Waals surface area contributed by atoms with Gasteiger partial charge in [-0.1, -0.05) is 30.7 Å². The molecule has 0 fully saturated rings. The molecule has 0 aliphatic rings. The molecule has 0 saturated carbocycles. The van der Waals surface area contributed by atoms with E-state index in [2.05, 4.69) is 5.32 Å². The summed E-state index contributed by atoms with van der Waals surface area (Å²) in [5.41, 5.74) is 0. The number of rotatable bonds is 7. The van der Waals surface area contributed by atoms with E-state index in [1.165, 1.54) is 0 Å². The van der Waals surface area contributed by atoms with E-state index in [4.69, 9.17) is 21.4 Å². The summed E-state index contributed by atoms with van der Waals surface area (Å²) in [5.74, 6) is -1.22. The van der Waals surface area contributed by atoms with E-state index in [9.17, 15) is 9.59 Å². The maximum Gasteiger partial charge on any atom is 0.306 e. The first-order chi connectivity index (χ1) is 9.00. The zero-order valence-electron chi connectivity index (χ0n) is 10.6. The number of amides is 1. The van der Waals surface area contributed by atoms with Crippen molar-refractivity contribution in [2.24, 2.45) is 5.92 Å². The van der Waals surface area contributed by atoms with Gasteiger partial charge in [0.05, 0.1) is 10.9 Å². The average molecular weight is 286 g/mol. The minimum absolute atomic E-state index is 0.148. The van der Waals surface area contributed by atoms with Crippen LogP contribution in [0, 0.1) is 5.92 Å². The van der Waals surface area contributed by atoms with Gasteiger partial charge in [-0.15, -0.1) is 0 Å². The van der Waals surface area contributed by atoms with Gasteiger partial charge in [0.2, 0.25) is 0 Å². The summed E-state index contributed by atoms with van der Waals surface area (Å²) >= 11 is 5.87. The number of nitrogens with one attached hydrogen (secondary N) is 1. The quantitative estimate of drug-likeness (QED) is 0.803. The molecule has 1 aromatic rings. The third-order valence-electron chi connectivity index (χ3n) is 2.52. The number of halogens is 1. The molecule has 2 N–H and O–H groups in total. The molecular weight excluding hydrogens is 270 g/mol. The lowest BCUT2D eigenvalue weighted by atomic mass is 10.1. The normalized spacial score (nSPS) is 11.7. The number of carboxylic acids is 1. The molecule has 0 radical (unpaired) electrons. The fraction of sp³-hybridized carbons (Fsp3) is 0.385. The first-order valence-corrected chi connectivity index (χ1v) is 6.25. The van der Waals surface area contributed by atoms with Crippen molar-refractivity contribution in [1.82, 2.24) is 5.32 Å². The highest BCUT2D eigenvalue weighted by molar-refractivity contribution is 6.32. The maximum atomic E-state index is 11.5. The molecule has 0 bridgehead atoms. The summed E-state index contributed by atoms with van der Waals surface area (Å²) in [6, 6.07) is 6.86. The fourth-order valence-corrected chi connectivity index (χ4v) is 1.50. The number of hydrogen-bond donors (Lipinski definition) is 2. The molecule has 19 heavy (non-hydrogen) atoms. The minimum Gasteiger partial charge on any atom is -0.482 e. The van der Waals surface area contributed by atoms with Gasteiger partial charge in [0.25, 0.3) is 5.91 Å². The van der Waals surface area contributed by atoms with Crippen molar-refractivity contribution in [3.8, 4) is 5.75 Å². The second-order valence-electron chi connectivity index (χ2n) is 4.10. The standard InChI is InChI=1S/C13H16ClNO4/c1-9(13(17)18)6-7-15-12(16)8-19-11-5-3-2-4-10(11)14/h2-5,9H,6-8H2,1H3,(H,15,16)(H,17,18). The van der Waals surface area contributed by atoms with Crippen LogP contribution < -0.4 is 10.1 Å². The number of carbonyl (C=O) groups excluding carboxylic acids is 1. The van der Waals surface area contributed by atoms with E-state index in [0.29, 0.717) is 23.7 Å². The van der Waals surface area contributed by atoms with Crippen LogP contribution in [0.15, 0.2) is 24.3 Å². The Morgan fingerprint density at radius 2 is 2.11 bits per heavy atom. The van der Waals surface area contributed by atoms with Crippen LogP contribution in [0.2, 0.25) is 5.02 Å². The number of hydrogen-bond acceptors (Lipinski definition) is 3. The van der Waals surface area contributed by atoms with E-state index in [0.717, 1.165) is 0 Å². The molecule has 1 rings (SSSR count). The molecule has 6 heteroatoms. The fourth-order valence-electron chi connectivity index (χ4n) is 1.31. The molecule has 0 saturated heterocycles. The topological polar surface area (TPSA) is 75.6 Å². The lowest BCUT2D eigenvalue weighted by Crippen LogP contribution is -2.31. The Hall–Kier alpha value is -1.75. The van der Waals surface area contributed by atoms with Crippen LogP contribution in [-0.4, -0.2) is 30.1 Å². The predicted molar refractivity (Wildman–Crippen MR) is 71.4 cm³/mol. The van der Waals surface area contributed by atoms with Gasteiger partial charge in [-0.25, -0.2) is 0 Å². The van der Waals surface area contributed by atoms with Crippen LogP contribution in [0.1, 0.15) is 13.3 Å². The first-order valence-electron chi connectivity index (χ1n) is 5.87. The van der Waals surface area contributed by atoms with Crippen molar-refractivity contribution in [3.63, 3.8) is 0 Å². The molecular formula is C13H16ClNO4. The smallest absolute Gasteiger partial charge is 0.306 e. The maximum absolute atomic E-state index is 11.5. The molecule has 5 nitrogen and oxygen atoms in total. The van der Waals surface area contributed by atoms with E-state index < -0.39 is 11.9 Å². The van der Waals surface area contributed by atoms with Crippen molar-refractivity contribution in [2.45, 2.75) is 13.3 Å². The van der Waals surface area contributed by atoms with Gasteiger partial charge in [0, 0.05) is 6.54 Å². The summed E-state index contributed by atoms with van der Waals surface area (Å²) in [7, 11) is 0. The summed E-state index contributed by atoms with van der Waals surface area (Å²) in [6.45, 7) is 1.75. The van der Waals surface area contributed by atoms with Gasteiger partial charge in [-0.05, 0) is 18.6 Å². The van der Waals surface area contributed by atoms with Crippen molar-refractivity contribution in [2.75, 3.05) is 13.2 Å². The number of carboxylic acid groups (broad SMARTS) is 1. The van der Waals surface area contributed by atoms with Crippen LogP contribution in [0.4, 0.5) is 0 Å². The monoisotopic (exact) mass is 285 g/mol. The number of carbonyl (C=O) groups is 2. The largest absolute Gasteiger partial charge is 0.482 e. The van der Waals surface area contributed by atoms with Gasteiger partial charge < -0.3 is 15.2 Å². The Labute approximate surface area is 116 Å². The second kappa shape index (κ2) is 7.63. The molecule has 1 atom stereocenters. The van der Waals surface area contributed by atoms with Gasteiger partial charge in [-0.2, -0.15) is 0 Å². The Morgan fingerprint density at radius 1 is 1.42 bits per heavy atom. The van der Waals surface area contributed by atoms with Crippen molar-refractivity contribution in [3.05, 3.63) is 29.3 Å². The van der Waals surface area contributed by atoms with E-state index in [-0.39, 0.29) is 12.5 Å². The Kier molecular flexibility index (Phi) is 6.15. The van der Waals surface area contributed by atoms with Crippen LogP contribution in [0.5, 0.6) is 5.75 Å². The summed E-state index contributed by atoms with van der Waals surface area (Å²) in [5, 5.41) is 11.7. The summed E-state index contributed by atoms with van der Waals surface area (Å²) < 4.78 is 5.24. The SMILES string of the molecule is CC(CCNC(=O)COc1ccccc1Cl)C(=O)O. The second-order valence-corrected chi connectivity index (χ2v) is 4.50. The van der Waals surface area contributed by atoms with E-state index >= 15 is 0 Å². The Bertz CT molecular complexity index is 450. The lowest BCUT2D eigenvalue weighted by Gasteiger charge is -2.09. The van der Waals surface area contributed by atoms with Gasteiger partial charge in [-0.3, -0.25) is 9.59 Å². The summed E-state index contributed by atoms with van der Waals surface area (Å²) in [4.78, 5) is 22.0. The molecule has 0 spiro atoms. The molecule has 1 unspecified atom stereocenters. The molecule has 0 aromatic heterocycles. The highest BCUT2D eigenvalue weighted by Crippen LogP contribution is 2.22. The first kappa shape index (κ1) is 15.3. The van der Waals surface area contributed by atoms with Crippen molar-refractivity contribution in [1.29, 1.82) is 0 Å². The zero-order valence-corrected chi connectivity index (χ0v) is 11.3. The van der Waals surface area contributed by atoms with Gasteiger partial charge in [0.15, 0.2) is 6.61 Å². The molecule has 0 aliphatic carbocycles. The van der Waals surface area contributed by atoms with Gasteiger partial charge in [0.1, 0.15) is 5.75 Å². The summed E-state index contributed by atoms with van der Waals surface area (Å²) in [6.07, 6.45) is 0.382. The van der Waals surface area contributed by atoms with Gasteiger partial charge >= 0.3 is 5.97 Å². The number of aliphatic carboxylic acids is 1. The zero-order chi connectivity index (χ0) is 14.3. The Balaban J connectivity index is 2.25. The minimum atomic E-state index is -0.874. The highest BCUT2D eigenvalue weighted by Gasteiger charge is 2.11. The van der Waals surface area contributed by atoms with Crippen LogP contribution in [-0.2, 0) is 9.59 Å². The average Bonchev–Trinajstić information content (AvgIpc) is 2.37. The molecule has 0 heterocycles.